The molecule has 118 valence electrons. The number of ether oxygens (including phenoxy) is 1. The summed E-state index contributed by atoms with van der Waals surface area (Å²) in [7, 11) is 0. The Morgan fingerprint density at radius 1 is 1.23 bits per heavy atom. The van der Waals surface area contributed by atoms with Crippen molar-refractivity contribution in [3.8, 4) is 0 Å². The molecule has 1 heterocycles. The van der Waals surface area contributed by atoms with Crippen molar-refractivity contribution in [3.05, 3.63) is 56.7 Å². The van der Waals surface area contributed by atoms with Gasteiger partial charge in [0.05, 0.1) is 0 Å². The van der Waals surface area contributed by atoms with Crippen LogP contribution < -0.4 is 20.3 Å². The molecule has 2 aromatic rings. The summed E-state index contributed by atoms with van der Waals surface area (Å²) in [5.74, 6) is 0.0396. The number of H-pyrrole nitrogens is 1. The molecule has 0 saturated carbocycles. The summed E-state index contributed by atoms with van der Waals surface area (Å²) in [6.45, 7) is 6.48. The van der Waals surface area contributed by atoms with Gasteiger partial charge in [-0.3, -0.25) is 0 Å². The average Bonchev–Trinajstić information content (AvgIpc) is 2.47. The van der Waals surface area contributed by atoms with Gasteiger partial charge in [-0.2, -0.15) is 0 Å². The van der Waals surface area contributed by atoms with Crippen LogP contribution in [-0.4, -0.2) is 31.1 Å². The SMILES string of the molecule is CCOCn1c([Se]c2ccccc2)c(C(C)C)c(=O)[nH]c1=O. The molecule has 0 aliphatic rings. The third-order valence-corrected chi connectivity index (χ3v) is 5.54. The number of hydrogen-bond donors (Lipinski definition) is 1. The molecular formula is C16H20N2O3Se. The molecular weight excluding hydrogens is 347 g/mol. The molecule has 1 aromatic heterocycles. The van der Waals surface area contributed by atoms with E-state index in [0.29, 0.717) is 12.2 Å². The van der Waals surface area contributed by atoms with Gasteiger partial charge in [-0.15, -0.1) is 0 Å². The molecule has 0 radical (unpaired) electrons. The molecule has 0 spiro atoms. The van der Waals surface area contributed by atoms with Gasteiger partial charge >= 0.3 is 135 Å². The van der Waals surface area contributed by atoms with Crippen molar-refractivity contribution < 1.29 is 4.74 Å². The van der Waals surface area contributed by atoms with Crippen molar-refractivity contribution in [2.45, 2.75) is 33.4 Å². The Labute approximate surface area is 135 Å². The van der Waals surface area contributed by atoms with E-state index >= 15 is 0 Å². The molecule has 0 amide bonds. The van der Waals surface area contributed by atoms with E-state index in [9.17, 15) is 9.59 Å². The van der Waals surface area contributed by atoms with Crippen molar-refractivity contribution in [2.75, 3.05) is 6.61 Å². The van der Waals surface area contributed by atoms with Gasteiger partial charge in [-0.05, 0) is 0 Å². The number of aromatic amines is 1. The van der Waals surface area contributed by atoms with E-state index in [1.54, 1.807) is 4.57 Å². The third kappa shape index (κ3) is 3.77. The van der Waals surface area contributed by atoms with E-state index in [-0.39, 0.29) is 33.2 Å². The van der Waals surface area contributed by atoms with Gasteiger partial charge in [-0.25, -0.2) is 0 Å². The molecule has 22 heavy (non-hydrogen) atoms. The molecule has 0 aliphatic carbocycles. The summed E-state index contributed by atoms with van der Waals surface area (Å²) in [6, 6.07) is 9.91. The number of benzene rings is 1. The molecule has 0 fully saturated rings. The Morgan fingerprint density at radius 2 is 1.91 bits per heavy atom. The van der Waals surface area contributed by atoms with Crippen LogP contribution in [0.25, 0.3) is 0 Å². The second-order valence-electron chi connectivity index (χ2n) is 5.10. The zero-order valence-corrected chi connectivity index (χ0v) is 14.7. The van der Waals surface area contributed by atoms with Crippen molar-refractivity contribution in [1.82, 2.24) is 9.55 Å². The van der Waals surface area contributed by atoms with Gasteiger partial charge < -0.3 is 0 Å². The van der Waals surface area contributed by atoms with Crippen molar-refractivity contribution in [3.63, 3.8) is 0 Å². The predicted molar refractivity (Wildman–Crippen MR) is 88.5 cm³/mol. The zero-order valence-electron chi connectivity index (χ0n) is 13.0. The fraction of sp³-hybridized carbons (Fsp3) is 0.375. The number of nitrogens with one attached hydrogen (secondary N) is 1. The van der Waals surface area contributed by atoms with Crippen LogP contribution in [0.5, 0.6) is 0 Å². The molecule has 0 saturated heterocycles. The molecule has 0 bridgehead atoms. The fourth-order valence-corrected chi connectivity index (χ4v) is 4.60. The van der Waals surface area contributed by atoms with Crippen LogP contribution in [-0.2, 0) is 11.5 Å². The maximum absolute atomic E-state index is 12.2. The van der Waals surface area contributed by atoms with Gasteiger partial charge in [-0.1, -0.05) is 0 Å². The summed E-state index contributed by atoms with van der Waals surface area (Å²) in [5.41, 5.74) is -0.0284. The Hall–Kier alpha value is -1.62. The minimum atomic E-state index is -0.407. The summed E-state index contributed by atoms with van der Waals surface area (Å²) in [4.78, 5) is 26.8. The van der Waals surface area contributed by atoms with Crippen LogP contribution >= 0.6 is 0 Å². The van der Waals surface area contributed by atoms with Gasteiger partial charge in [0.25, 0.3) is 0 Å². The van der Waals surface area contributed by atoms with Crippen molar-refractivity contribution in [2.24, 2.45) is 0 Å². The molecule has 0 atom stereocenters. The summed E-state index contributed by atoms with van der Waals surface area (Å²) >= 11 is -0.134. The standard InChI is InChI=1S/C16H20N2O3Se/c1-4-21-10-18-15(22-12-8-6-5-7-9-12)13(11(2)3)14(19)17-16(18)20/h5-9,11H,4,10H2,1-3H3,(H,17,19,20). The Bertz CT molecular complexity index is 735. The van der Waals surface area contributed by atoms with Crippen LogP contribution in [0.3, 0.4) is 0 Å². The van der Waals surface area contributed by atoms with Crippen LogP contribution in [0.1, 0.15) is 32.3 Å². The van der Waals surface area contributed by atoms with Gasteiger partial charge in [0, 0.05) is 0 Å². The van der Waals surface area contributed by atoms with E-state index in [0.717, 1.165) is 9.05 Å². The first-order valence-electron chi connectivity index (χ1n) is 7.22. The molecule has 2 rings (SSSR count). The Balaban J connectivity index is 2.59. The first-order chi connectivity index (χ1) is 10.5. The normalized spacial score (nSPS) is 11.1. The topological polar surface area (TPSA) is 64.1 Å². The van der Waals surface area contributed by atoms with Crippen molar-refractivity contribution in [1.29, 1.82) is 0 Å². The summed E-state index contributed by atoms with van der Waals surface area (Å²) in [6.07, 6.45) is 0. The predicted octanol–water partition coefficient (Wildman–Crippen LogP) is 0.309. The summed E-state index contributed by atoms with van der Waals surface area (Å²) < 4.78 is 8.86. The third-order valence-electron chi connectivity index (χ3n) is 3.15. The molecule has 6 heteroatoms. The first kappa shape index (κ1) is 16.7. The monoisotopic (exact) mass is 368 g/mol. The van der Waals surface area contributed by atoms with Gasteiger partial charge in [0.15, 0.2) is 0 Å². The maximum atomic E-state index is 12.2. The summed E-state index contributed by atoms with van der Waals surface area (Å²) in [5, 5.41) is 0. The second kappa shape index (κ2) is 7.58. The van der Waals surface area contributed by atoms with Crippen LogP contribution in [0.2, 0.25) is 0 Å². The average molecular weight is 367 g/mol. The van der Waals surface area contributed by atoms with Crippen molar-refractivity contribution >= 4 is 24.0 Å². The van der Waals surface area contributed by atoms with Crippen LogP contribution in [0.4, 0.5) is 0 Å². The number of nitrogens with zero attached hydrogens (tertiary/aromatic N) is 1. The first-order valence-corrected chi connectivity index (χ1v) is 8.93. The van der Waals surface area contributed by atoms with E-state index < -0.39 is 5.69 Å². The molecule has 0 aliphatic heterocycles. The molecule has 5 nitrogen and oxygen atoms in total. The Morgan fingerprint density at radius 3 is 2.50 bits per heavy atom. The van der Waals surface area contributed by atoms with E-state index in [4.69, 9.17) is 4.74 Å². The van der Waals surface area contributed by atoms with E-state index in [1.165, 1.54) is 0 Å². The Kier molecular flexibility index (Phi) is 5.77. The number of aromatic nitrogens is 2. The zero-order chi connectivity index (χ0) is 16.1. The van der Waals surface area contributed by atoms with Crippen LogP contribution in [0, 0.1) is 0 Å². The quantitative estimate of drug-likeness (QED) is 0.748. The van der Waals surface area contributed by atoms with Gasteiger partial charge in [0.2, 0.25) is 0 Å². The number of rotatable bonds is 6. The fourth-order valence-electron chi connectivity index (χ4n) is 2.09. The number of hydrogen-bond acceptors (Lipinski definition) is 3. The molecule has 1 aromatic carbocycles. The molecule has 1 N–H and O–H groups in total. The van der Waals surface area contributed by atoms with E-state index in [2.05, 4.69) is 4.98 Å². The molecule has 0 unspecified atom stereocenters. The van der Waals surface area contributed by atoms with Gasteiger partial charge in [0.1, 0.15) is 0 Å². The minimum absolute atomic E-state index is 0.0396. The van der Waals surface area contributed by atoms with E-state index in [1.807, 2.05) is 51.1 Å². The van der Waals surface area contributed by atoms with Crippen LogP contribution in [0.15, 0.2) is 39.9 Å². The second-order valence-corrected chi connectivity index (χ2v) is 7.33.